The van der Waals surface area contributed by atoms with E-state index in [-0.39, 0.29) is 12.1 Å². The van der Waals surface area contributed by atoms with Crippen molar-refractivity contribution < 1.29 is 14.3 Å². The molecule has 0 unspecified atom stereocenters. The molecule has 2 fully saturated rings. The van der Waals surface area contributed by atoms with Gasteiger partial charge in [-0.15, -0.1) is 0 Å². The van der Waals surface area contributed by atoms with E-state index >= 15 is 0 Å². The molecule has 3 aliphatic rings. The maximum Gasteiger partial charge on any atom is 0.330 e. The van der Waals surface area contributed by atoms with Crippen molar-refractivity contribution >= 4 is 17.6 Å². The Morgan fingerprint density at radius 3 is 2.34 bits per heavy atom. The van der Waals surface area contributed by atoms with Crippen LogP contribution in [0.25, 0.3) is 0 Å². The highest BCUT2D eigenvalue weighted by Gasteiger charge is 2.58. The predicted octanol–water partition coefficient (Wildman–Crippen LogP) is 5.30. The van der Waals surface area contributed by atoms with Crippen LogP contribution in [0, 0.1) is 5.41 Å². The summed E-state index contributed by atoms with van der Waals surface area (Å²) >= 11 is 0. The number of hydrogen-bond donors (Lipinski definition) is 1. The summed E-state index contributed by atoms with van der Waals surface area (Å²) in [5.41, 5.74) is 3.74. The zero-order valence-electron chi connectivity index (χ0n) is 22.0. The van der Waals surface area contributed by atoms with Crippen molar-refractivity contribution in [1.82, 2.24) is 9.80 Å². The first kappa shape index (κ1) is 24.5. The Balaban J connectivity index is 1.40. The summed E-state index contributed by atoms with van der Waals surface area (Å²) in [7, 11) is 3.34. The Bertz CT molecular complexity index is 1350. The van der Waals surface area contributed by atoms with E-state index in [9.17, 15) is 10.2 Å². The third-order valence-electron chi connectivity index (χ3n) is 8.54. The molecule has 3 heterocycles. The lowest BCUT2D eigenvalue weighted by Gasteiger charge is -2.50. The Hall–Kier alpha value is -3.84. The van der Waals surface area contributed by atoms with Gasteiger partial charge in [0.15, 0.2) is 11.5 Å². The van der Waals surface area contributed by atoms with E-state index in [1.54, 1.807) is 19.1 Å². The first-order chi connectivity index (χ1) is 18.6. The lowest BCUT2D eigenvalue weighted by Crippen LogP contribution is -2.58. The van der Waals surface area contributed by atoms with Gasteiger partial charge in [-0.2, -0.15) is 0 Å². The van der Waals surface area contributed by atoms with Crippen LogP contribution >= 0.6 is 0 Å². The van der Waals surface area contributed by atoms with Gasteiger partial charge in [-0.05, 0) is 66.6 Å². The Kier molecular flexibility index (Phi) is 6.32. The smallest absolute Gasteiger partial charge is 0.330 e. The van der Waals surface area contributed by atoms with Gasteiger partial charge in [0, 0.05) is 25.7 Å². The molecule has 1 spiro atoms. The lowest BCUT2D eigenvalue weighted by atomic mass is 9.76. The third kappa shape index (κ3) is 3.93. The van der Waals surface area contributed by atoms with Crippen LogP contribution in [0.1, 0.15) is 35.6 Å². The van der Waals surface area contributed by atoms with E-state index < -0.39 is 5.54 Å². The first-order valence-electron chi connectivity index (χ1n) is 13.3. The maximum absolute atomic E-state index is 14.1. The average Bonchev–Trinajstić information content (AvgIpc) is 3.16. The van der Waals surface area contributed by atoms with Crippen LogP contribution in [0.15, 0.2) is 72.8 Å². The molecule has 2 saturated heterocycles. The maximum atomic E-state index is 14.1. The number of carbonyl (C=O) groups excluding carboxylic acids is 1. The molecule has 3 aromatic rings. The van der Waals surface area contributed by atoms with Crippen molar-refractivity contribution in [3.05, 3.63) is 89.5 Å². The highest BCUT2D eigenvalue weighted by molar-refractivity contribution is 6.24. The summed E-state index contributed by atoms with van der Waals surface area (Å²) in [6, 6.07) is 24.1. The molecule has 7 heteroatoms. The second-order valence-electron chi connectivity index (χ2n) is 10.4. The number of piperidine rings is 1. The number of hydrogen-bond acceptors (Lipinski definition) is 5. The van der Waals surface area contributed by atoms with E-state index in [1.807, 2.05) is 53.4 Å². The fraction of sp³-hybridized carbons (Fsp3) is 0.355. The highest BCUT2D eigenvalue weighted by Crippen LogP contribution is 2.49. The van der Waals surface area contributed by atoms with E-state index in [0.717, 1.165) is 49.5 Å². The monoisotopic (exact) mass is 510 g/mol. The van der Waals surface area contributed by atoms with Gasteiger partial charge in [0.1, 0.15) is 11.4 Å². The number of para-hydroxylation sites is 1. The van der Waals surface area contributed by atoms with Gasteiger partial charge in [-0.25, -0.2) is 9.69 Å². The van der Waals surface area contributed by atoms with Gasteiger partial charge in [0.2, 0.25) is 0 Å². The van der Waals surface area contributed by atoms with Crippen LogP contribution in [0.5, 0.6) is 11.5 Å². The largest absolute Gasteiger partial charge is 0.493 e. The lowest BCUT2D eigenvalue weighted by molar-refractivity contribution is 0.0541. The standard InChI is InChI=1S/C31H34N4O3/c1-37-27-19-23-14-16-33-18-15-31(21-26(33)25(23)20-28(27)38-2)29(32)35(24-11-7-4-8-12-24)30(36)34(31)17-13-22-9-5-3-6-10-22/h3-12,19-20,26,32H,13-18,21H2,1-2H3/t26-,31+/m0/s1. The molecule has 0 radical (unpaired) electrons. The molecule has 2 atom stereocenters. The van der Waals surface area contributed by atoms with Crippen molar-refractivity contribution in [3.63, 3.8) is 0 Å². The second-order valence-corrected chi connectivity index (χ2v) is 10.4. The summed E-state index contributed by atoms with van der Waals surface area (Å²) in [6.07, 6.45) is 3.12. The normalized spacial score (nSPS) is 22.9. The topological polar surface area (TPSA) is 69.1 Å². The Morgan fingerprint density at radius 1 is 0.947 bits per heavy atom. The number of nitrogens with one attached hydrogen (secondary N) is 1. The molecule has 0 saturated carbocycles. The predicted molar refractivity (Wildman–Crippen MR) is 148 cm³/mol. The second kappa shape index (κ2) is 9.80. The molecule has 3 aliphatic heterocycles. The van der Waals surface area contributed by atoms with E-state index in [1.165, 1.54) is 16.7 Å². The molecule has 0 aromatic heterocycles. The number of nitrogens with zero attached hydrogens (tertiary/aromatic N) is 3. The van der Waals surface area contributed by atoms with E-state index in [2.05, 4.69) is 29.2 Å². The van der Waals surface area contributed by atoms with Crippen LogP contribution in [-0.4, -0.2) is 61.1 Å². The van der Waals surface area contributed by atoms with E-state index in [4.69, 9.17) is 9.47 Å². The van der Waals surface area contributed by atoms with Crippen LogP contribution in [-0.2, 0) is 12.8 Å². The number of methoxy groups -OCH3 is 2. The molecule has 1 N–H and O–H groups in total. The third-order valence-corrected chi connectivity index (χ3v) is 8.54. The summed E-state index contributed by atoms with van der Waals surface area (Å²) < 4.78 is 11.2. The zero-order chi connectivity index (χ0) is 26.3. The van der Waals surface area contributed by atoms with Gasteiger partial charge in [-0.1, -0.05) is 48.5 Å². The average molecular weight is 511 g/mol. The quantitative estimate of drug-likeness (QED) is 0.489. The van der Waals surface area contributed by atoms with Crippen molar-refractivity contribution in [1.29, 1.82) is 5.41 Å². The molecular formula is C31H34N4O3. The Morgan fingerprint density at radius 2 is 1.63 bits per heavy atom. The number of carbonyl (C=O) groups is 1. The molecule has 2 amide bonds. The van der Waals surface area contributed by atoms with Crippen molar-refractivity contribution in [3.8, 4) is 11.5 Å². The number of amides is 2. The van der Waals surface area contributed by atoms with Crippen LogP contribution in [0.4, 0.5) is 10.5 Å². The van der Waals surface area contributed by atoms with Crippen LogP contribution in [0.3, 0.4) is 0 Å². The summed E-state index contributed by atoms with van der Waals surface area (Å²) in [5.74, 6) is 1.85. The Labute approximate surface area is 224 Å². The first-order valence-corrected chi connectivity index (χ1v) is 13.3. The minimum Gasteiger partial charge on any atom is -0.493 e. The van der Waals surface area contributed by atoms with Gasteiger partial charge in [0.05, 0.1) is 19.9 Å². The minimum absolute atomic E-state index is 0.0930. The fourth-order valence-electron chi connectivity index (χ4n) is 6.54. The number of ether oxygens (including phenoxy) is 2. The molecule has 7 nitrogen and oxygen atoms in total. The molecule has 38 heavy (non-hydrogen) atoms. The molecule has 196 valence electrons. The van der Waals surface area contributed by atoms with Gasteiger partial charge in [0.25, 0.3) is 0 Å². The van der Waals surface area contributed by atoms with Gasteiger partial charge in [-0.3, -0.25) is 10.3 Å². The number of urea groups is 1. The van der Waals surface area contributed by atoms with Crippen molar-refractivity contribution in [2.75, 3.05) is 38.8 Å². The summed E-state index contributed by atoms with van der Waals surface area (Å²) in [4.78, 5) is 20.2. The minimum atomic E-state index is -0.676. The summed E-state index contributed by atoms with van der Waals surface area (Å²) in [5, 5.41) is 9.46. The number of anilines is 1. The zero-order valence-corrected chi connectivity index (χ0v) is 22.0. The molecule has 0 aliphatic carbocycles. The molecule has 3 aromatic carbocycles. The van der Waals surface area contributed by atoms with Gasteiger partial charge < -0.3 is 14.4 Å². The van der Waals surface area contributed by atoms with Crippen LogP contribution in [0.2, 0.25) is 0 Å². The van der Waals surface area contributed by atoms with Crippen molar-refractivity contribution in [2.45, 2.75) is 37.3 Å². The van der Waals surface area contributed by atoms with E-state index in [0.29, 0.717) is 18.8 Å². The molecular weight excluding hydrogens is 476 g/mol. The van der Waals surface area contributed by atoms with Gasteiger partial charge >= 0.3 is 6.03 Å². The molecule has 6 rings (SSSR count). The highest BCUT2D eigenvalue weighted by atomic mass is 16.5. The number of benzene rings is 3. The SMILES string of the molecule is COc1cc2c(cc1OC)[C@@H]1C[C@]3(CCN1CC2)C(=N)N(c1ccccc1)C(=O)N3CCc1ccccc1. The van der Waals surface area contributed by atoms with Crippen LogP contribution < -0.4 is 14.4 Å². The van der Waals surface area contributed by atoms with Crippen molar-refractivity contribution in [2.24, 2.45) is 0 Å². The number of fused-ring (bicyclic) bond motifs is 3. The molecule has 0 bridgehead atoms. The number of rotatable bonds is 6. The summed E-state index contributed by atoms with van der Waals surface area (Å²) in [6.45, 7) is 2.36. The fourth-order valence-corrected chi connectivity index (χ4v) is 6.54. The number of amidine groups is 1.